The third-order valence-corrected chi connectivity index (χ3v) is 6.22. The van der Waals surface area contributed by atoms with Crippen molar-refractivity contribution < 1.29 is 12.9 Å². The molecule has 1 saturated carbocycles. The number of benzene rings is 1. The minimum absolute atomic E-state index is 0.0658. The van der Waals surface area contributed by atoms with Crippen LogP contribution in [0.2, 0.25) is 0 Å². The highest BCUT2D eigenvalue weighted by Gasteiger charge is 2.36. The first-order chi connectivity index (χ1) is 12.5. The lowest BCUT2D eigenvalue weighted by Crippen LogP contribution is -2.34. The van der Waals surface area contributed by atoms with Gasteiger partial charge in [0.15, 0.2) is 5.82 Å². The number of hydrogen-bond donors (Lipinski definition) is 2. The largest absolute Gasteiger partial charge is 0.334 e. The molecule has 11 heteroatoms. The molecule has 3 N–H and O–H groups in total. The van der Waals surface area contributed by atoms with Crippen molar-refractivity contribution in [3.8, 4) is 17.1 Å². The molecule has 0 bridgehead atoms. The fourth-order valence-electron chi connectivity index (χ4n) is 3.47. The van der Waals surface area contributed by atoms with Gasteiger partial charge in [-0.15, -0.1) is 0 Å². The minimum atomic E-state index is -3.76. The lowest BCUT2D eigenvalue weighted by atomic mass is 9.99. The van der Waals surface area contributed by atoms with Crippen LogP contribution in [-0.4, -0.2) is 33.3 Å². The second kappa shape index (κ2) is 5.11. The van der Waals surface area contributed by atoms with Gasteiger partial charge in [0, 0.05) is 5.56 Å². The van der Waals surface area contributed by atoms with Crippen LogP contribution in [-0.2, 0) is 15.6 Å². The zero-order valence-corrected chi connectivity index (χ0v) is 14.4. The summed E-state index contributed by atoms with van der Waals surface area (Å²) in [5.41, 5.74) is 6.69. The second-order valence-electron chi connectivity index (χ2n) is 6.57. The van der Waals surface area contributed by atoms with Crippen LogP contribution in [0.1, 0.15) is 31.5 Å². The van der Waals surface area contributed by atoms with E-state index in [-0.39, 0.29) is 16.7 Å². The summed E-state index contributed by atoms with van der Waals surface area (Å²) in [6, 6.07) is 4.83. The molecule has 0 radical (unpaired) electrons. The average molecular weight is 373 g/mol. The molecule has 0 amide bonds. The molecular formula is C15H15N7O3S. The fraction of sp³-hybridized carbons (Fsp3) is 0.333. The number of nitrogens with two attached hydrogens (primary N) is 1. The number of hydrogen-bond acceptors (Lipinski definition) is 8. The SMILES string of the molecule is NC1(c2noc(-c3ccc4c(c3)S(=O)(=O)Nc3ncnn3-4)n2)CCCC1. The first-order valence-corrected chi connectivity index (χ1v) is 9.65. The highest BCUT2D eigenvalue weighted by atomic mass is 32.2. The Morgan fingerprint density at radius 2 is 2.08 bits per heavy atom. The number of fused-ring (bicyclic) bond motifs is 3. The van der Waals surface area contributed by atoms with Gasteiger partial charge >= 0.3 is 0 Å². The highest BCUT2D eigenvalue weighted by molar-refractivity contribution is 7.93. The molecule has 0 saturated heterocycles. The van der Waals surface area contributed by atoms with Gasteiger partial charge in [0.05, 0.1) is 11.2 Å². The van der Waals surface area contributed by atoms with Crippen molar-refractivity contribution in [1.29, 1.82) is 0 Å². The van der Waals surface area contributed by atoms with Crippen molar-refractivity contribution in [3.05, 3.63) is 30.4 Å². The molecule has 3 heterocycles. The van der Waals surface area contributed by atoms with Crippen LogP contribution in [0.3, 0.4) is 0 Å². The third-order valence-electron chi connectivity index (χ3n) is 4.87. The minimum Gasteiger partial charge on any atom is -0.334 e. The number of nitrogens with one attached hydrogen (secondary N) is 1. The quantitative estimate of drug-likeness (QED) is 0.681. The number of sulfonamides is 1. The number of rotatable bonds is 2. The van der Waals surface area contributed by atoms with E-state index in [9.17, 15) is 8.42 Å². The van der Waals surface area contributed by atoms with Gasteiger partial charge in [0.1, 0.15) is 11.2 Å². The normalized spacial score (nSPS) is 19.6. The average Bonchev–Trinajstić information content (AvgIpc) is 3.34. The zero-order chi connectivity index (χ0) is 17.9. The van der Waals surface area contributed by atoms with Crippen molar-refractivity contribution in [1.82, 2.24) is 24.9 Å². The van der Waals surface area contributed by atoms with Crippen molar-refractivity contribution >= 4 is 16.0 Å². The Morgan fingerprint density at radius 1 is 1.27 bits per heavy atom. The summed E-state index contributed by atoms with van der Waals surface area (Å²) in [7, 11) is -3.76. The van der Waals surface area contributed by atoms with Crippen molar-refractivity contribution in [3.63, 3.8) is 0 Å². The Morgan fingerprint density at radius 3 is 2.88 bits per heavy atom. The van der Waals surface area contributed by atoms with Gasteiger partial charge in [-0.25, -0.2) is 13.1 Å². The molecule has 1 aromatic carbocycles. The monoisotopic (exact) mass is 373 g/mol. The van der Waals surface area contributed by atoms with E-state index in [1.807, 2.05) is 0 Å². The molecule has 26 heavy (non-hydrogen) atoms. The molecule has 2 aliphatic rings. The number of anilines is 1. The molecule has 1 fully saturated rings. The Labute approximate surface area is 148 Å². The summed E-state index contributed by atoms with van der Waals surface area (Å²) >= 11 is 0. The molecule has 2 aromatic heterocycles. The van der Waals surface area contributed by atoms with Crippen LogP contribution < -0.4 is 10.5 Å². The summed E-state index contributed by atoms with van der Waals surface area (Å²) in [5.74, 6) is 0.845. The lowest BCUT2D eigenvalue weighted by molar-refractivity contribution is 0.372. The van der Waals surface area contributed by atoms with Crippen molar-refractivity contribution in [2.45, 2.75) is 36.1 Å². The van der Waals surface area contributed by atoms with Crippen LogP contribution in [0.5, 0.6) is 0 Å². The smallest absolute Gasteiger partial charge is 0.266 e. The standard InChI is InChI=1S/C15H15N7O3S/c16-15(5-1-2-6-15)13-19-12(25-20-13)9-3-4-10-11(7-9)26(23,24)21-14-17-8-18-22(10)14/h3-4,7-8H,1-2,5-6,16H2,(H,17,18,21). The first kappa shape index (κ1) is 15.5. The molecule has 1 aliphatic carbocycles. The topological polar surface area (TPSA) is 142 Å². The molecule has 5 rings (SSSR count). The zero-order valence-electron chi connectivity index (χ0n) is 13.6. The second-order valence-corrected chi connectivity index (χ2v) is 8.22. The van der Waals surface area contributed by atoms with E-state index in [1.165, 1.54) is 17.1 Å². The van der Waals surface area contributed by atoms with Crippen molar-refractivity contribution in [2.24, 2.45) is 5.73 Å². The van der Waals surface area contributed by atoms with E-state index in [0.717, 1.165) is 25.7 Å². The van der Waals surface area contributed by atoms with E-state index in [0.29, 0.717) is 17.1 Å². The van der Waals surface area contributed by atoms with E-state index in [4.69, 9.17) is 10.3 Å². The maximum Gasteiger partial charge on any atom is 0.266 e. The van der Waals surface area contributed by atoms with Crippen LogP contribution in [0.4, 0.5) is 5.95 Å². The van der Waals surface area contributed by atoms with Gasteiger partial charge < -0.3 is 10.3 Å². The lowest BCUT2D eigenvalue weighted by Gasteiger charge is -2.18. The molecule has 134 valence electrons. The Bertz CT molecular complexity index is 1110. The molecule has 0 atom stereocenters. The van der Waals surface area contributed by atoms with Crippen LogP contribution in [0.25, 0.3) is 17.1 Å². The number of aromatic nitrogens is 5. The molecule has 0 spiro atoms. The van der Waals surface area contributed by atoms with Crippen LogP contribution >= 0.6 is 0 Å². The molecule has 0 unspecified atom stereocenters. The van der Waals surface area contributed by atoms with Gasteiger partial charge in [-0.1, -0.05) is 18.0 Å². The summed E-state index contributed by atoms with van der Waals surface area (Å²) in [4.78, 5) is 8.37. The van der Waals surface area contributed by atoms with E-state index in [2.05, 4.69) is 24.9 Å². The highest BCUT2D eigenvalue weighted by Crippen LogP contribution is 2.36. The van der Waals surface area contributed by atoms with Gasteiger partial charge in [-0.3, -0.25) is 0 Å². The van der Waals surface area contributed by atoms with E-state index < -0.39 is 15.6 Å². The van der Waals surface area contributed by atoms with E-state index >= 15 is 0 Å². The predicted molar refractivity (Wildman–Crippen MR) is 89.8 cm³/mol. The Kier molecular flexibility index (Phi) is 3.04. The van der Waals surface area contributed by atoms with Gasteiger partial charge in [0.2, 0.25) is 5.95 Å². The maximum absolute atomic E-state index is 12.5. The fourth-order valence-corrected chi connectivity index (χ4v) is 4.67. The molecular weight excluding hydrogens is 358 g/mol. The Hall–Kier alpha value is -2.79. The van der Waals surface area contributed by atoms with Crippen LogP contribution in [0.15, 0.2) is 33.9 Å². The summed E-state index contributed by atoms with van der Waals surface area (Å²) in [6.45, 7) is 0. The summed E-state index contributed by atoms with van der Waals surface area (Å²) in [6.07, 6.45) is 4.97. The first-order valence-electron chi connectivity index (χ1n) is 8.17. The van der Waals surface area contributed by atoms with Gasteiger partial charge in [-0.05, 0) is 31.0 Å². The summed E-state index contributed by atoms with van der Waals surface area (Å²) in [5, 5.41) is 8.06. The predicted octanol–water partition coefficient (Wildman–Crippen LogP) is 1.16. The van der Waals surface area contributed by atoms with Gasteiger partial charge in [-0.2, -0.15) is 19.7 Å². The third kappa shape index (κ3) is 2.17. The van der Waals surface area contributed by atoms with Crippen molar-refractivity contribution in [2.75, 3.05) is 4.72 Å². The summed E-state index contributed by atoms with van der Waals surface area (Å²) < 4.78 is 34.2. The van der Waals surface area contributed by atoms with Gasteiger partial charge in [0.25, 0.3) is 15.9 Å². The number of nitrogens with zero attached hydrogens (tertiary/aromatic N) is 5. The Balaban J connectivity index is 1.60. The molecule has 3 aromatic rings. The molecule has 10 nitrogen and oxygen atoms in total. The molecule has 1 aliphatic heterocycles. The van der Waals surface area contributed by atoms with Crippen LogP contribution in [0, 0.1) is 0 Å². The van der Waals surface area contributed by atoms with E-state index in [1.54, 1.807) is 12.1 Å². The maximum atomic E-state index is 12.5.